The Morgan fingerprint density at radius 3 is 2.83 bits per heavy atom. The number of hydrogen-bond donors (Lipinski definition) is 2. The number of H-pyrrole nitrogens is 1. The summed E-state index contributed by atoms with van der Waals surface area (Å²) in [6, 6.07) is 11.6. The predicted octanol–water partition coefficient (Wildman–Crippen LogP) is 2.21. The van der Waals surface area contributed by atoms with Gasteiger partial charge in [0.2, 0.25) is 5.91 Å². The van der Waals surface area contributed by atoms with Crippen LogP contribution in [0.4, 0.5) is 11.4 Å². The molecular formula is C22H24N4O4. The summed E-state index contributed by atoms with van der Waals surface area (Å²) in [5, 5.41) is 2.88. The van der Waals surface area contributed by atoms with E-state index in [0.29, 0.717) is 23.3 Å². The first-order valence-electron chi connectivity index (χ1n) is 10.3. The normalized spacial score (nSPS) is 16.9. The monoisotopic (exact) mass is 408 g/mol. The Kier molecular flexibility index (Phi) is 4.92. The molecule has 1 aromatic heterocycles. The van der Waals surface area contributed by atoms with Gasteiger partial charge >= 0.3 is 5.76 Å². The minimum atomic E-state index is -0.502. The lowest BCUT2D eigenvalue weighted by atomic mass is 10.0. The molecule has 156 valence electrons. The first-order valence-corrected chi connectivity index (χ1v) is 10.3. The van der Waals surface area contributed by atoms with E-state index in [9.17, 15) is 9.59 Å². The van der Waals surface area contributed by atoms with Crippen molar-refractivity contribution >= 4 is 28.4 Å². The lowest BCUT2D eigenvalue weighted by molar-refractivity contribution is -0.117. The molecule has 3 aromatic rings. The highest BCUT2D eigenvalue weighted by molar-refractivity contribution is 5.94. The third kappa shape index (κ3) is 3.91. The van der Waals surface area contributed by atoms with Crippen molar-refractivity contribution in [1.82, 2.24) is 9.88 Å². The number of carbonyl (C=O) groups is 1. The maximum atomic E-state index is 12.5. The molecule has 8 heteroatoms. The number of anilines is 2. The average Bonchev–Trinajstić information content (AvgIpc) is 3.13. The number of hydrogen-bond acceptors (Lipinski definition) is 6. The summed E-state index contributed by atoms with van der Waals surface area (Å²) >= 11 is 0. The van der Waals surface area contributed by atoms with Crippen LogP contribution in [0.2, 0.25) is 0 Å². The number of aromatic amines is 1. The highest BCUT2D eigenvalue weighted by Crippen LogP contribution is 2.29. The Labute approximate surface area is 173 Å². The number of amides is 1. The number of benzene rings is 2. The molecule has 1 amide bonds. The summed E-state index contributed by atoms with van der Waals surface area (Å²) in [6.07, 6.45) is 2.14. The van der Waals surface area contributed by atoms with Crippen molar-refractivity contribution < 1.29 is 13.9 Å². The van der Waals surface area contributed by atoms with Gasteiger partial charge in [0.05, 0.1) is 18.7 Å². The van der Waals surface area contributed by atoms with Crippen LogP contribution in [0.5, 0.6) is 5.75 Å². The summed E-state index contributed by atoms with van der Waals surface area (Å²) in [5.41, 5.74) is 4.18. The summed E-state index contributed by atoms with van der Waals surface area (Å²) < 4.78 is 10.7. The molecule has 0 saturated carbocycles. The van der Waals surface area contributed by atoms with Gasteiger partial charge in [0.15, 0.2) is 5.58 Å². The van der Waals surface area contributed by atoms with Crippen LogP contribution in [0.1, 0.15) is 12.0 Å². The number of nitrogens with one attached hydrogen (secondary N) is 2. The minimum absolute atomic E-state index is 0.0772. The fraction of sp³-hybridized carbons (Fsp3) is 0.364. The molecule has 5 rings (SSSR count). The standard InChI is InChI=1S/C22H24N4O4/c27-21(23-16-3-5-18-20(13-16)30-22(28)24-18)14-25-7-9-26(10-8-25)17-4-6-19-15(12-17)2-1-11-29-19/h3-6,12-13H,1-2,7-11,14H2,(H,23,27)(H,24,28). The maximum Gasteiger partial charge on any atom is 0.417 e. The van der Waals surface area contributed by atoms with E-state index in [1.165, 1.54) is 11.3 Å². The number of oxazole rings is 1. The zero-order chi connectivity index (χ0) is 20.5. The zero-order valence-electron chi connectivity index (χ0n) is 16.6. The highest BCUT2D eigenvalue weighted by atomic mass is 16.5. The van der Waals surface area contributed by atoms with Crippen molar-refractivity contribution in [2.45, 2.75) is 12.8 Å². The molecule has 0 bridgehead atoms. The van der Waals surface area contributed by atoms with Gasteiger partial charge in [-0.3, -0.25) is 14.7 Å². The van der Waals surface area contributed by atoms with Crippen molar-refractivity contribution in [3.05, 3.63) is 52.5 Å². The Morgan fingerprint density at radius 1 is 1.10 bits per heavy atom. The van der Waals surface area contributed by atoms with E-state index < -0.39 is 5.76 Å². The Bertz CT molecular complexity index is 1130. The fourth-order valence-corrected chi connectivity index (χ4v) is 4.13. The molecule has 0 aliphatic carbocycles. The summed E-state index contributed by atoms with van der Waals surface area (Å²) in [7, 11) is 0. The number of carbonyl (C=O) groups excluding carboxylic acids is 1. The SMILES string of the molecule is O=C(CN1CCN(c2ccc3c(c2)CCCO3)CC1)Nc1ccc2[nH]c(=O)oc2c1. The summed E-state index contributed by atoms with van der Waals surface area (Å²) in [5.74, 6) is 0.432. The molecule has 1 saturated heterocycles. The van der Waals surface area contributed by atoms with E-state index in [1.54, 1.807) is 18.2 Å². The maximum absolute atomic E-state index is 12.5. The Hall–Kier alpha value is -3.26. The van der Waals surface area contributed by atoms with E-state index in [4.69, 9.17) is 9.15 Å². The van der Waals surface area contributed by atoms with Gasteiger partial charge in [-0.1, -0.05) is 0 Å². The minimum Gasteiger partial charge on any atom is -0.493 e. The van der Waals surface area contributed by atoms with Crippen LogP contribution >= 0.6 is 0 Å². The van der Waals surface area contributed by atoms with Crippen LogP contribution in [0, 0.1) is 0 Å². The number of piperazine rings is 1. The molecule has 2 aromatic carbocycles. The molecule has 8 nitrogen and oxygen atoms in total. The van der Waals surface area contributed by atoms with E-state index in [-0.39, 0.29) is 5.91 Å². The van der Waals surface area contributed by atoms with Crippen LogP contribution in [-0.2, 0) is 11.2 Å². The summed E-state index contributed by atoms with van der Waals surface area (Å²) in [6.45, 7) is 4.56. The smallest absolute Gasteiger partial charge is 0.417 e. The Balaban J connectivity index is 1.15. The second-order valence-corrected chi connectivity index (χ2v) is 7.78. The molecule has 30 heavy (non-hydrogen) atoms. The number of fused-ring (bicyclic) bond motifs is 2. The lowest BCUT2D eigenvalue weighted by Gasteiger charge is -2.36. The molecule has 1 fully saturated rings. The predicted molar refractivity (Wildman–Crippen MR) is 114 cm³/mol. The van der Waals surface area contributed by atoms with Crippen molar-refractivity contribution in [3.63, 3.8) is 0 Å². The molecular weight excluding hydrogens is 384 g/mol. The van der Waals surface area contributed by atoms with E-state index in [0.717, 1.165) is 51.4 Å². The molecule has 0 unspecified atom stereocenters. The van der Waals surface area contributed by atoms with Crippen LogP contribution < -0.4 is 20.7 Å². The van der Waals surface area contributed by atoms with Crippen molar-refractivity contribution in [2.75, 3.05) is 49.5 Å². The number of aromatic nitrogens is 1. The van der Waals surface area contributed by atoms with Gasteiger partial charge in [0.25, 0.3) is 0 Å². The zero-order valence-corrected chi connectivity index (χ0v) is 16.6. The first-order chi connectivity index (χ1) is 14.6. The fourth-order valence-electron chi connectivity index (χ4n) is 4.13. The summed E-state index contributed by atoms with van der Waals surface area (Å²) in [4.78, 5) is 30.8. The van der Waals surface area contributed by atoms with Crippen LogP contribution in [0.25, 0.3) is 11.1 Å². The largest absolute Gasteiger partial charge is 0.493 e. The van der Waals surface area contributed by atoms with E-state index >= 15 is 0 Å². The van der Waals surface area contributed by atoms with Crippen molar-refractivity contribution in [2.24, 2.45) is 0 Å². The number of nitrogens with zero attached hydrogens (tertiary/aromatic N) is 2. The second kappa shape index (κ2) is 7.87. The van der Waals surface area contributed by atoms with Gasteiger partial charge in [-0.15, -0.1) is 0 Å². The molecule has 0 spiro atoms. The van der Waals surface area contributed by atoms with Crippen molar-refractivity contribution in [3.8, 4) is 5.75 Å². The van der Waals surface area contributed by atoms with Gasteiger partial charge in [0.1, 0.15) is 5.75 Å². The van der Waals surface area contributed by atoms with Crippen LogP contribution in [0.15, 0.2) is 45.6 Å². The van der Waals surface area contributed by atoms with Gasteiger partial charge in [-0.05, 0) is 48.7 Å². The topological polar surface area (TPSA) is 90.8 Å². The average molecular weight is 408 g/mol. The molecule has 0 radical (unpaired) electrons. The first kappa shape index (κ1) is 18.7. The van der Waals surface area contributed by atoms with Gasteiger partial charge in [-0.25, -0.2) is 4.79 Å². The van der Waals surface area contributed by atoms with Crippen LogP contribution in [-0.4, -0.2) is 55.1 Å². The van der Waals surface area contributed by atoms with Crippen molar-refractivity contribution in [1.29, 1.82) is 0 Å². The molecule has 2 N–H and O–H groups in total. The number of rotatable bonds is 4. The van der Waals surface area contributed by atoms with Gasteiger partial charge in [0, 0.05) is 43.6 Å². The third-order valence-electron chi connectivity index (χ3n) is 5.70. The Morgan fingerprint density at radius 2 is 1.97 bits per heavy atom. The number of aryl methyl sites for hydroxylation is 1. The van der Waals surface area contributed by atoms with Gasteiger partial charge < -0.3 is 19.4 Å². The van der Waals surface area contributed by atoms with Gasteiger partial charge in [-0.2, -0.15) is 0 Å². The third-order valence-corrected chi connectivity index (χ3v) is 5.70. The molecule has 2 aliphatic rings. The highest BCUT2D eigenvalue weighted by Gasteiger charge is 2.21. The number of ether oxygens (including phenoxy) is 1. The molecule has 2 aliphatic heterocycles. The molecule has 0 atom stereocenters. The van der Waals surface area contributed by atoms with Crippen LogP contribution in [0.3, 0.4) is 0 Å². The quantitative estimate of drug-likeness (QED) is 0.688. The van der Waals surface area contributed by atoms with E-state index in [2.05, 4.69) is 38.3 Å². The molecule has 3 heterocycles. The lowest BCUT2D eigenvalue weighted by Crippen LogP contribution is -2.48. The van der Waals surface area contributed by atoms with E-state index in [1.807, 2.05) is 0 Å². The second-order valence-electron chi connectivity index (χ2n) is 7.78.